The summed E-state index contributed by atoms with van der Waals surface area (Å²) in [5.41, 5.74) is 3.52. The fourth-order valence-electron chi connectivity index (χ4n) is 3.27. The van der Waals surface area contributed by atoms with Crippen LogP contribution < -0.4 is 15.4 Å². The lowest BCUT2D eigenvalue weighted by Crippen LogP contribution is -2.13. The first-order chi connectivity index (χ1) is 14.3. The van der Waals surface area contributed by atoms with E-state index in [0.29, 0.717) is 12.2 Å². The number of ether oxygens (including phenoxy) is 1. The smallest absolute Gasteiger partial charge is 0.229 e. The molecule has 1 aliphatic rings. The molecule has 6 nitrogen and oxygen atoms in total. The SMILES string of the molecule is CC(C)(C)c1cccc(Nc2nc(Nc3ccc4c(c3)CC(C=O)O4)ncc2F)c1. The second kappa shape index (κ2) is 7.74. The van der Waals surface area contributed by atoms with Crippen molar-refractivity contribution in [1.29, 1.82) is 0 Å². The van der Waals surface area contributed by atoms with Gasteiger partial charge >= 0.3 is 0 Å². The fraction of sp³-hybridized carbons (Fsp3) is 0.261. The summed E-state index contributed by atoms with van der Waals surface area (Å²) in [5, 5.41) is 6.12. The van der Waals surface area contributed by atoms with Crippen LogP contribution in [0.1, 0.15) is 31.9 Å². The minimum absolute atomic E-state index is 0.0191. The van der Waals surface area contributed by atoms with Gasteiger partial charge in [0.05, 0.1) is 6.20 Å². The number of halogens is 1. The van der Waals surface area contributed by atoms with Crippen LogP contribution >= 0.6 is 0 Å². The first-order valence-corrected chi connectivity index (χ1v) is 9.74. The third kappa shape index (κ3) is 4.25. The van der Waals surface area contributed by atoms with E-state index in [9.17, 15) is 9.18 Å². The largest absolute Gasteiger partial charge is 0.482 e. The second-order valence-electron chi connectivity index (χ2n) is 8.29. The summed E-state index contributed by atoms with van der Waals surface area (Å²) in [4.78, 5) is 19.3. The highest BCUT2D eigenvalue weighted by Gasteiger charge is 2.22. The highest BCUT2D eigenvalue weighted by molar-refractivity contribution is 5.65. The number of hydrogen-bond acceptors (Lipinski definition) is 6. The molecule has 1 atom stereocenters. The molecule has 7 heteroatoms. The summed E-state index contributed by atoms with van der Waals surface area (Å²) in [6.07, 6.45) is 2.00. The molecule has 0 aliphatic carbocycles. The van der Waals surface area contributed by atoms with Crippen molar-refractivity contribution in [3.8, 4) is 5.75 Å². The van der Waals surface area contributed by atoms with Crippen LogP contribution in [0.3, 0.4) is 0 Å². The summed E-state index contributed by atoms with van der Waals surface area (Å²) in [5.74, 6) is 0.498. The normalized spacial score (nSPS) is 15.3. The predicted molar refractivity (Wildman–Crippen MR) is 114 cm³/mol. The van der Waals surface area contributed by atoms with E-state index in [4.69, 9.17) is 4.74 Å². The predicted octanol–water partition coefficient (Wildman–Crippen LogP) is 4.90. The standard InChI is InChI=1S/C23H23FN4O2/c1-23(2,3)15-5-4-6-16(11-15)26-21-19(24)12-25-22(28-21)27-17-7-8-20-14(9-17)10-18(13-29)30-20/h4-9,11-13,18H,10H2,1-3H3,(H2,25,26,27,28). The zero-order valence-corrected chi connectivity index (χ0v) is 17.1. The number of aldehydes is 1. The van der Waals surface area contributed by atoms with E-state index < -0.39 is 11.9 Å². The number of benzene rings is 2. The molecule has 2 heterocycles. The average molecular weight is 406 g/mol. The van der Waals surface area contributed by atoms with E-state index >= 15 is 0 Å². The third-order valence-electron chi connectivity index (χ3n) is 4.90. The lowest BCUT2D eigenvalue weighted by Gasteiger charge is -2.20. The first-order valence-electron chi connectivity index (χ1n) is 9.74. The van der Waals surface area contributed by atoms with Crippen molar-refractivity contribution in [2.75, 3.05) is 10.6 Å². The molecule has 30 heavy (non-hydrogen) atoms. The van der Waals surface area contributed by atoms with Crippen molar-refractivity contribution >= 4 is 29.4 Å². The average Bonchev–Trinajstić information content (AvgIpc) is 3.13. The Bertz CT molecular complexity index is 1090. The van der Waals surface area contributed by atoms with Crippen LogP contribution in [0.25, 0.3) is 0 Å². The molecule has 2 aromatic carbocycles. The molecule has 0 spiro atoms. The van der Waals surface area contributed by atoms with Crippen LogP contribution in [0.15, 0.2) is 48.7 Å². The van der Waals surface area contributed by atoms with Gasteiger partial charge in [-0.1, -0.05) is 32.9 Å². The number of carbonyl (C=O) groups is 1. The molecule has 0 bridgehead atoms. The Morgan fingerprint density at radius 3 is 2.70 bits per heavy atom. The Hall–Kier alpha value is -3.48. The van der Waals surface area contributed by atoms with E-state index in [1.807, 2.05) is 30.3 Å². The van der Waals surface area contributed by atoms with Gasteiger partial charge in [0.2, 0.25) is 5.95 Å². The highest BCUT2D eigenvalue weighted by atomic mass is 19.1. The molecular weight excluding hydrogens is 383 g/mol. The Morgan fingerprint density at radius 1 is 1.13 bits per heavy atom. The zero-order valence-electron chi connectivity index (χ0n) is 17.1. The van der Waals surface area contributed by atoms with Crippen LogP contribution in [-0.2, 0) is 16.6 Å². The van der Waals surface area contributed by atoms with Gasteiger partial charge in [0, 0.05) is 23.4 Å². The number of hydrogen-bond donors (Lipinski definition) is 2. The van der Waals surface area contributed by atoms with E-state index in [-0.39, 0.29) is 17.2 Å². The Balaban J connectivity index is 1.54. The van der Waals surface area contributed by atoms with Crippen molar-refractivity contribution in [3.05, 3.63) is 65.6 Å². The van der Waals surface area contributed by atoms with Gasteiger partial charge in [0.15, 0.2) is 24.0 Å². The van der Waals surface area contributed by atoms with Gasteiger partial charge in [0.1, 0.15) is 5.75 Å². The minimum atomic E-state index is -0.544. The van der Waals surface area contributed by atoms with Crippen molar-refractivity contribution in [3.63, 3.8) is 0 Å². The third-order valence-corrected chi connectivity index (χ3v) is 4.90. The summed E-state index contributed by atoms with van der Waals surface area (Å²) < 4.78 is 19.8. The highest BCUT2D eigenvalue weighted by Crippen LogP contribution is 2.32. The maximum absolute atomic E-state index is 14.3. The van der Waals surface area contributed by atoms with Gasteiger partial charge in [-0.25, -0.2) is 9.37 Å². The lowest BCUT2D eigenvalue weighted by molar-refractivity contribution is -0.113. The van der Waals surface area contributed by atoms with Crippen LogP contribution in [0, 0.1) is 5.82 Å². The fourth-order valence-corrected chi connectivity index (χ4v) is 3.27. The monoisotopic (exact) mass is 406 g/mol. The number of aromatic nitrogens is 2. The number of carbonyl (C=O) groups excluding carboxylic acids is 1. The number of nitrogens with zero attached hydrogens (tertiary/aromatic N) is 2. The molecule has 0 amide bonds. The van der Waals surface area contributed by atoms with Crippen LogP contribution in [0.4, 0.5) is 27.5 Å². The van der Waals surface area contributed by atoms with Gasteiger partial charge < -0.3 is 15.4 Å². The van der Waals surface area contributed by atoms with Crippen molar-refractivity contribution in [1.82, 2.24) is 9.97 Å². The minimum Gasteiger partial charge on any atom is -0.482 e. The van der Waals surface area contributed by atoms with Crippen molar-refractivity contribution in [2.45, 2.75) is 38.7 Å². The molecule has 1 unspecified atom stereocenters. The van der Waals surface area contributed by atoms with Gasteiger partial charge in [-0.15, -0.1) is 0 Å². The van der Waals surface area contributed by atoms with Crippen LogP contribution in [0.5, 0.6) is 5.75 Å². The van der Waals surface area contributed by atoms with Crippen LogP contribution in [-0.4, -0.2) is 22.4 Å². The molecule has 4 rings (SSSR count). The maximum Gasteiger partial charge on any atom is 0.229 e. The zero-order chi connectivity index (χ0) is 21.3. The maximum atomic E-state index is 14.3. The van der Waals surface area contributed by atoms with Crippen LogP contribution in [0.2, 0.25) is 0 Å². The number of rotatable bonds is 5. The van der Waals surface area contributed by atoms with Crippen molar-refractivity contribution < 1.29 is 13.9 Å². The van der Waals surface area contributed by atoms with Crippen molar-refractivity contribution in [2.24, 2.45) is 0 Å². The first kappa shape index (κ1) is 19.8. The molecule has 2 N–H and O–H groups in total. The number of nitrogens with one attached hydrogen (secondary N) is 2. The molecule has 0 saturated heterocycles. The van der Waals surface area contributed by atoms with Gasteiger partial charge in [-0.05, 0) is 41.3 Å². The second-order valence-corrected chi connectivity index (χ2v) is 8.29. The summed E-state index contributed by atoms with van der Waals surface area (Å²) in [7, 11) is 0. The number of fused-ring (bicyclic) bond motifs is 1. The Labute approximate surface area is 174 Å². The summed E-state index contributed by atoms with van der Waals surface area (Å²) in [6.45, 7) is 6.37. The molecule has 0 radical (unpaired) electrons. The Morgan fingerprint density at radius 2 is 1.93 bits per heavy atom. The molecular formula is C23H23FN4O2. The van der Waals surface area contributed by atoms with E-state index in [0.717, 1.165) is 35.0 Å². The van der Waals surface area contributed by atoms with Gasteiger partial charge in [-0.2, -0.15) is 4.98 Å². The van der Waals surface area contributed by atoms with E-state index in [1.54, 1.807) is 12.1 Å². The molecule has 0 fully saturated rings. The van der Waals surface area contributed by atoms with E-state index in [2.05, 4.69) is 41.4 Å². The summed E-state index contributed by atoms with van der Waals surface area (Å²) in [6, 6.07) is 13.3. The number of anilines is 4. The van der Waals surface area contributed by atoms with Gasteiger partial charge in [0.25, 0.3) is 0 Å². The lowest BCUT2D eigenvalue weighted by atomic mass is 9.87. The summed E-state index contributed by atoms with van der Waals surface area (Å²) >= 11 is 0. The quantitative estimate of drug-likeness (QED) is 0.587. The molecule has 1 aromatic heterocycles. The molecule has 3 aromatic rings. The Kier molecular flexibility index (Phi) is 5.11. The van der Waals surface area contributed by atoms with Gasteiger partial charge in [-0.3, -0.25) is 4.79 Å². The molecule has 154 valence electrons. The molecule has 0 saturated carbocycles. The van der Waals surface area contributed by atoms with E-state index in [1.165, 1.54) is 0 Å². The molecule has 1 aliphatic heterocycles. The topological polar surface area (TPSA) is 76.1 Å².